The fourth-order valence-electron chi connectivity index (χ4n) is 1.95. The summed E-state index contributed by atoms with van der Waals surface area (Å²) in [6.07, 6.45) is 1.53. The molecule has 0 aromatic heterocycles. The number of allylic oxidation sites excluding steroid dienone is 1. The molecule has 1 aliphatic rings. The largest absolute Gasteiger partial charge is 0.463 e. The van der Waals surface area contributed by atoms with E-state index >= 15 is 0 Å². The minimum Gasteiger partial charge on any atom is -0.463 e. The average Bonchev–Trinajstić information content (AvgIpc) is 2.40. The molecule has 0 heterocycles. The monoisotopic (exact) mass is 196 g/mol. The van der Waals surface area contributed by atoms with Crippen LogP contribution in [0.25, 0.3) is 0 Å². The van der Waals surface area contributed by atoms with Crippen LogP contribution in [0.4, 0.5) is 0 Å². The van der Waals surface area contributed by atoms with Crippen LogP contribution in [0.15, 0.2) is 12.2 Å². The van der Waals surface area contributed by atoms with Gasteiger partial charge in [-0.3, -0.25) is 4.79 Å². The first kappa shape index (κ1) is 11.0. The van der Waals surface area contributed by atoms with Crippen molar-refractivity contribution in [3.05, 3.63) is 12.2 Å². The number of carbonyl (C=O) groups excluding carboxylic acids is 2. The van der Waals surface area contributed by atoms with Crippen molar-refractivity contribution >= 4 is 11.8 Å². The second kappa shape index (κ2) is 3.56. The fraction of sp³-hybridized carbons (Fsp3) is 0.636. The average molecular weight is 196 g/mol. The van der Waals surface area contributed by atoms with E-state index in [9.17, 15) is 9.59 Å². The highest BCUT2D eigenvalue weighted by molar-refractivity contribution is 6.34. The van der Waals surface area contributed by atoms with Crippen LogP contribution >= 0.6 is 0 Å². The maximum absolute atomic E-state index is 11.6. The second-order valence-electron chi connectivity index (χ2n) is 4.27. The molecule has 3 nitrogen and oxygen atoms in total. The summed E-state index contributed by atoms with van der Waals surface area (Å²) in [4.78, 5) is 22.7. The molecule has 0 N–H and O–H groups in total. The van der Waals surface area contributed by atoms with Crippen molar-refractivity contribution in [2.45, 2.75) is 26.7 Å². The molecule has 0 aliphatic heterocycles. The lowest BCUT2D eigenvalue weighted by molar-refractivity contribution is -0.154. The van der Waals surface area contributed by atoms with E-state index in [1.165, 1.54) is 7.11 Å². The highest BCUT2D eigenvalue weighted by Gasteiger charge is 2.44. The topological polar surface area (TPSA) is 43.4 Å². The molecule has 14 heavy (non-hydrogen) atoms. The van der Waals surface area contributed by atoms with Crippen molar-refractivity contribution in [2.24, 2.45) is 11.3 Å². The smallest absolute Gasteiger partial charge is 0.374 e. The van der Waals surface area contributed by atoms with E-state index in [1.807, 2.05) is 13.8 Å². The number of ether oxygens (including phenoxy) is 1. The van der Waals surface area contributed by atoms with Crippen LogP contribution in [-0.2, 0) is 14.3 Å². The third-order valence-electron chi connectivity index (χ3n) is 3.22. The quantitative estimate of drug-likeness (QED) is 0.383. The molecule has 1 rings (SSSR count). The summed E-state index contributed by atoms with van der Waals surface area (Å²) in [5, 5.41) is 0. The van der Waals surface area contributed by atoms with E-state index in [4.69, 9.17) is 0 Å². The Morgan fingerprint density at radius 3 is 2.43 bits per heavy atom. The molecule has 0 aromatic carbocycles. The van der Waals surface area contributed by atoms with Crippen molar-refractivity contribution in [2.75, 3.05) is 7.11 Å². The minimum absolute atomic E-state index is 0.262. The van der Waals surface area contributed by atoms with Gasteiger partial charge in [-0.15, -0.1) is 0 Å². The highest BCUT2D eigenvalue weighted by Crippen LogP contribution is 2.46. The number of hydrogen-bond donors (Lipinski definition) is 0. The number of ketones is 1. The van der Waals surface area contributed by atoms with Crippen LogP contribution in [0.2, 0.25) is 0 Å². The van der Waals surface area contributed by atoms with Crippen LogP contribution < -0.4 is 0 Å². The summed E-state index contributed by atoms with van der Waals surface area (Å²) in [7, 11) is 1.23. The van der Waals surface area contributed by atoms with E-state index in [0.717, 1.165) is 12.0 Å². The van der Waals surface area contributed by atoms with Crippen LogP contribution in [0.5, 0.6) is 0 Å². The Morgan fingerprint density at radius 2 is 2.07 bits per heavy atom. The summed E-state index contributed by atoms with van der Waals surface area (Å²) >= 11 is 0. The van der Waals surface area contributed by atoms with Gasteiger partial charge < -0.3 is 4.74 Å². The fourth-order valence-corrected chi connectivity index (χ4v) is 1.95. The molecule has 0 amide bonds. The van der Waals surface area contributed by atoms with Crippen molar-refractivity contribution in [1.82, 2.24) is 0 Å². The number of esters is 1. The molecule has 1 aliphatic carbocycles. The third-order valence-corrected chi connectivity index (χ3v) is 3.22. The zero-order valence-electron chi connectivity index (χ0n) is 8.92. The van der Waals surface area contributed by atoms with Crippen molar-refractivity contribution < 1.29 is 14.3 Å². The molecular formula is C11H16O3. The summed E-state index contributed by atoms with van der Waals surface area (Å²) in [6.45, 7) is 7.82. The van der Waals surface area contributed by atoms with E-state index in [-0.39, 0.29) is 11.3 Å². The maximum atomic E-state index is 11.6. The van der Waals surface area contributed by atoms with Gasteiger partial charge in [-0.1, -0.05) is 26.0 Å². The van der Waals surface area contributed by atoms with Gasteiger partial charge in [0.05, 0.1) is 7.11 Å². The molecule has 3 heteroatoms. The normalized spacial score (nSPS) is 24.8. The lowest BCUT2D eigenvalue weighted by Crippen LogP contribution is -2.32. The van der Waals surface area contributed by atoms with Gasteiger partial charge in [0, 0.05) is 5.92 Å². The molecule has 0 spiro atoms. The van der Waals surface area contributed by atoms with Crippen LogP contribution in [0, 0.1) is 11.3 Å². The SMILES string of the molecule is C=C1CCC(C(=O)C(=O)OC)C1(C)C. The third kappa shape index (κ3) is 1.59. The Kier molecular flexibility index (Phi) is 2.79. The van der Waals surface area contributed by atoms with Gasteiger partial charge in [0.2, 0.25) is 5.78 Å². The molecule has 1 unspecified atom stereocenters. The molecule has 0 bridgehead atoms. The molecule has 1 fully saturated rings. The highest BCUT2D eigenvalue weighted by atomic mass is 16.5. The number of hydrogen-bond acceptors (Lipinski definition) is 3. The van der Waals surface area contributed by atoms with Crippen LogP contribution in [0.3, 0.4) is 0 Å². The first-order valence-electron chi connectivity index (χ1n) is 4.71. The predicted octanol–water partition coefficient (Wildman–Crippen LogP) is 1.72. The molecule has 0 radical (unpaired) electrons. The molecule has 1 atom stereocenters. The van der Waals surface area contributed by atoms with Gasteiger partial charge in [0.1, 0.15) is 0 Å². The Labute approximate surface area is 84.1 Å². The molecule has 78 valence electrons. The van der Waals surface area contributed by atoms with E-state index in [2.05, 4.69) is 11.3 Å². The maximum Gasteiger partial charge on any atom is 0.374 e. The van der Waals surface area contributed by atoms with Crippen molar-refractivity contribution in [3.8, 4) is 0 Å². The van der Waals surface area contributed by atoms with Crippen molar-refractivity contribution in [3.63, 3.8) is 0 Å². The number of rotatable bonds is 2. The first-order valence-corrected chi connectivity index (χ1v) is 4.71. The van der Waals surface area contributed by atoms with Gasteiger partial charge >= 0.3 is 5.97 Å². The molecule has 0 aromatic rings. The summed E-state index contributed by atoms with van der Waals surface area (Å²) < 4.78 is 4.43. The molecular weight excluding hydrogens is 180 g/mol. The lowest BCUT2D eigenvalue weighted by Gasteiger charge is -2.25. The van der Waals surface area contributed by atoms with Gasteiger partial charge in [0.15, 0.2) is 0 Å². The zero-order chi connectivity index (χ0) is 10.9. The van der Waals surface area contributed by atoms with Crippen LogP contribution in [0.1, 0.15) is 26.7 Å². The zero-order valence-corrected chi connectivity index (χ0v) is 8.92. The van der Waals surface area contributed by atoms with Crippen molar-refractivity contribution in [1.29, 1.82) is 0 Å². The van der Waals surface area contributed by atoms with Crippen LogP contribution in [-0.4, -0.2) is 18.9 Å². The number of carbonyl (C=O) groups is 2. The Bertz CT molecular complexity index is 289. The van der Waals surface area contributed by atoms with E-state index in [1.54, 1.807) is 0 Å². The van der Waals surface area contributed by atoms with Gasteiger partial charge in [0.25, 0.3) is 0 Å². The molecule has 1 saturated carbocycles. The predicted molar refractivity (Wildman–Crippen MR) is 52.7 cm³/mol. The Balaban J connectivity index is 2.85. The Morgan fingerprint density at radius 1 is 1.50 bits per heavy atom. The standard InChI is InChI=1S/C11H16O3/c1-7-5-6-8(11(7,2)3)9(12)10(13)14-4/h8H,1,5-6H2,2-4H3. The summed E-state index contributed by atoms with van der Waals surface area (Å²) in [5.41, 5.74) is 0.769. The second-order valence-corrected chi connectivity index (χ2v) is 4.27. The van der Waals surface area contributed by atoms with E-state index < -0.39 is 11.8 Å². The number of methoxy groups -OCH3 is 1. The molecule has 0 saturated heterocycles. The van der Waals surface area contributed by atoms with Gasteiger partial charge in [-0.05, 0) is 18.3 Å². The summed E-state index contributed by atoms with van der Waals surface area (Å²) in [5.74, 6) is -1.42. The van der Waals surface area contributed by atoms with Gasteiger partial charge in [-0.2, -0.15) is 0 Å². The van der Waals surface area contributed by atoms with E-state index in [0.29, 0.717) is 6.42 Å². The number of Topliss-reactive ketones (excluding diaryl/α,β-unsaturated/α-hetero) is 1. The summed E-state index contributed by atoms with van der Waals surface area (Å²) in [6, 6.07) is 0. The lowest BCUT2D eigenvalue weighted by atomic mass is 9.77. The minimum atomic E-state index is -0.738. The van der Waals surface area contributed by atoms with Gasteiger partial charge in [-0.25, -0.2) is 4.79 Å². The first-order chi connectivity index (χ1) is 6.41. The Hall–Kier alpha value is -1.12.